The minimum atomic E-state index is 0.651. The van der Waals surface area contributed by atoms with Gasteiger partial charge in [0.2, 0.25) is 0 Å². The van der Waals surface area contributed by atoms with Gasteiger partial charge in [-0.2, -0.15) is 5.26 Å². The van der Waals surface area contributed by atoms with Gasteiger partial charge in [0, 0.05) is 6.08 Å². The molecule has 0 aromatic heterocycles. The van der Waals surface area contributed by atoms with Crippen LogP contribution in [0.15, 0.2) is 24.3 Å². The highest BCUT2D eigenvalue weighted by atomic mass is 14.3. The maximum atomic E-state index is 8.60. The molecule has 0 unspecified atom stereocenters. The molecule has 0 aromatic carbocycles. The van der Waals surface area contributed by atoms with Crippen LogP contribution in [0.25, 0.3) is 0 Å². The van der Waals surface area contributed by atoms with Gasteiger partial charge in [-0.3, -0.25) is 0 Å². The van der Waals surface area contributed by atoms with E-state index in [2.05, 4.69) is 31.2 Å². The smallest absolute Gasteiger partial charge is 0.0908 e. The Bertz CT molecular complexity index is 385. The van der Waals surface area contributed by atoms with Gasteiger partial charge in [0.1, 0.15) is 0 Å². The fourth-order valence-electron chi connectivity index (χ4n) is 4.19. The normalized spacial score (nSPS) is 33.3. The third-order valence-electron chi connectivity index (χ3n) is 5.77. The number of nitrogens with zero attached hydrogens (tertiary/aromatic N) is 1. The Kier molecular flexibility index (Phi) is 7.78. The summed E-state index contributed by atoms with van der Waals surface area (Å²) in [5.41, 5.74) is 0. The molecular weight excluding hydrogens is 266 g/mol. The van der Waals surface area contributed by atoms with Crippen molar-refractivity contribution in [1.82, 2.24) is 0 Å². The Morgan fingerprint density at radius 1 is 0.818 bits per heavy atom. The fourth-order valence-corrected chi connectivity index (χ4v) is 4.19. The van der Waals surface area contributed by atoms with Crippen molar-refractivity contribution in [2.45, 2.75) is 77.6 Å². The van der Waals surface area contributed by atoms with E-state index in [1.54, 1.807) is 6.08 Å². The summed E-state index contributed by atoms with van der Waals surface area (Å²) < 4.78 is 0. The quantitative estimate of drug-likeness (QED) is 0.410. The van der Waals surface area contributed by atoms with Gasteiger partial charge in [-0.15, -0.1) is 0 Å². The van der Waals surface area contributed by atoms with E-state index >= 15 is 0 Å². The SMILES string of the molecule is CCCC[C@H]1CC[C@H](C=C[C@H]2CC[C@H](C=CC#N)CC2)CC1. The van der Waals surface area contributed by atoms with Crippen LogP contribution in [0.2, 0.25) is 0 Å². The molecular formula is C21H33N. The second kappa shape index (κ2) is 9.88. The van der Waals surface area contributed by atoms with Gasteiger partial charge in [0.15, 0.2) is 0 Å². The van der Waals surface area contributed by atoms with Crippen LogP contribution < -0.4 is 0 Å². The zero-order valence-corrected chi connectivity index (χ0v) is 14.3. The lowest BCUT2D eigenvalue weighted by atomic mass is 9.78. The first-order chi connectivity index (χ1) is 10.8. The summed E-state index contributed by atoms with van der Waals surface area (Å²) in [6, 6.07) is 2.12. The van der Waals surface area contributed by atoms with Crippen LogP contribution in [0.4, 0.5) is 0 Å². The maximum Gasteiger partial charge on any atom is 0.0908 e. The minimum absolute atomic E-state index is 0.651. The molecule has 0 aromatic rings. The number of allylic oxidation sites excluding steroid dienone is 4. The molecule has 2 rings (SSSR count). The largest absolute Gasteiger partial charge is 0.193 e. The standard InChI is InChI=1S/C21H33N/c1-2-3-5-18-7-11-20(12-8-18)15-16-21-13-9-19(10-14-21)6-4-17-22/h4,6,15-16,18-21H,2-3,5,7-14H2,1H3/t18-,19-,20-,21-. The third-order valence-corrected chi connectivity index (χ3v) is 5.77. The molecule has 2 saturated carbocycles. The first kappa shape index (κ1) is 17.3. The predicted octanol–water partition coefficient (Wildman–Crippen LogP) is 6.43. The molecule has 2 aliphatic carbocycles. The molecule has 0 heterocycles. The highest BCUT2D eigenvalue weighted by Crippen LogP contribution is 2.34. The van der Waals surface area contributed by atoms with Crippen molar-refractivity contribution >= 4 is 0 Å². The lowest BCUT2D eigenvalue weighted by Crippen LogP contribution is -2.14. The summed E-state index contributed by atoms with van der Waals surface area (Å²) in [5, 5.41) is 8.60. The Morgan fingerprint density at radius 3 is 1.82 bits per heavy atom. The van der Waals surface area contributed by atoms with Gasteiger partial charge >= 0.3 is 0 Å². The zero-order chi connectivity index (χ0) is 15.6. The zero-order valence-electron chi connectivity index (χ0n) is 14.3. The molecule has 0 N–H and O–H groups in total. The van der Waals surface area contributed by atoms with E-state index in [0.29, 0.717) is 5.92 Å². The first-order valence-electron chi connectivity index (χ1n) is 9.56. The summed E-state index contributed by atoms with van der Waals surface area (Å²) in [7, 11) is 0. The number of rotatable bonds is 6. The van der Waals surface area contributed by atoms with Crippen LogP contribution in [0.1, 0.15) is 77.6 Å². The average Bonchev–Trinajstić information content (AvgIpc) is 2.58. The number of unbranched alkanes of at least 4 members (excludes halogenated alkanes) is 1. The van der Waals surface area contributed by atoms with Crippen LogP contribution in [0, 0.1) is 35.0 Å². The molecule has 0 radical (unpaired) electrons. The number of nitriles is 1. The van der Waals surface area contributed by atoms with Crippen molar-refractivity contribution in [3.8, 4) is 6.07 Å². The van der Waals surface area contributed by atoms with Crippen molar-refractivity contribution in [3.63, 3.8) is 0 Å². The molecule has 0 amide bonds. The van der Waals surface area contributed by atoms with Gasteiger partial charge in [0.05, 0.1) is 6.07 Å². The fraction of sp³-hybridized carbons (Fsp3) is 0.762. The number of hydrogen-bond acceptors (Lipinski definition) is 1. The van der Waals surface area contributed by atoms with Crippen molar-refractivity contribution in [1.29, 1.82) is 5.26 Å². The summed E-state index contributed by atoms with van der Waals surface area (Å²) in [5.74, 6) is 3.32. The van der Waals surface area contributed by atoms with Gasteiger partial charge in [-0.1, -0.05) is 44.4 Å². The summed E-state index contributed by atoms with van der Waals surface area (Å²) in [6.07, 6.45) is 24.0. The molecule has 1 heteroatoms. The van der Waals surface area contributed by atoms with Gasteiger partial charge in [-0.25, -0.2) is 0 Å². The van der Waals surface area contributed by atoms with Gasteiger partial charge < -0.3 is 0 Å². The monoisotopic (exact) mass is 299 g/mol. The van der Waals surface area contributed by atoms with Crippen LogP contribution >= 0.6 is 0 Å². The third kappa shape index (κ3) is 5.99. The van der Waals surface area contributed by atoms with Crippen molar-refractivity contribution in [2.24, 2.45) is 23.7 Å². The molecule has 22 heavy (non-hydrogen) atoms. The molecule has 0 bridgehead atoms. The van der Waals surface area contributed by atoms with Gasteiger partial charge in [-0.05, 0) is 75.0 Å². The molecule has 2 aliphatic rings. The van der Waals surface area contributed by atoms with Gasteiger partial charge in [0.25, 0.3) is 0 Å². The molecule has 1 nitrogen and oxygen atoms in total. The van der Waals surface area contributed by atoms with Crippen LogP contribution in [0.5, 0.6) is 0 Å². The second-order valence-electron chi connectivity index (χ2n) is 7.47. The van der Waals surface area contributed by atoms with E-state index in [9.17, 15) is 0 Å². The highest BCUT2D eigenvalue weighted by Gasteiger charge is 2.20. The van der Waals surface area contributed by atoms with Crippen LogP contribution in [0.3, 0.4) is 0 Å². The predicted molar refractivity (Wildman–Crippen MR) is 94.3 cm³/mol. The Hall–Kier alpha value is -1.03. The van der Waals surface area contributed by atoms with Crippen molar-refractivity contribution in [3.05, 3.63) is 24.3 Å². The molecule has 0 saturated heterocycles. The summed E-state index contributed by atoms with van der Waals surface area (Å²) in [6.45, 7) is 2.30. The maximum absolute atomic E-state index is 8.60. The highest BCUT2D eigenvalue weighted by molar-refractivity contribution is 5.05. The Labute approximate surface area is 137 Å². The number of hydrogen-bond donors (Lipinski definition) is 0. The molecule has 0 spiro atoms. The molecule has 0 atom stereocenters. The van der Waals surface area contributed by atoms with E-state index in [1.165, 1.54) is 70.6 Å². The van der Waals surface area contributed by atoms with E-state index in [-0.39, 0.29) is 0 Å². The second-order valence-corrected chi connectivity index (χ2v) is 7.47. The summed E-state index contributed by atoms with van der Waals surface area (Å²) >= 11 is 0. The Balaban J connectivity index is 1.65. The average molecular weight is 300 g/mol. The van der Waals surface area contributed by atoms with Crippen molar-refractivity contribution in [2.75, 3.05) is 0 Å². The van der Waals surface area contributed by atoms with Crippen molar-refractivity contribution < 1.29 is 0 Å². The van der Waals surface area contributed by atoms with Crippen LogP contribution in [-0.2, 0) is 0 Å². The molecule has 2 fully saturated rings. The molecule has 122 valence electrons. The molecule has 0 aliphatic heterocycles. The minimum Gasteiger partial charge on any atom is -0.193 e. The van der Waals surface area contributed by atoms with E-state index in [1.807, 2.05) is 0 Å². The van der Waals surface area contributed by atoms with E-state index in [4.69, 9.17) is 5.26 Å². The Morgan fingerprint density at radius 2 is 1.32 bits per heavy atom. The van der Waals surface area contributed by atoms with E-state index in [0.717, 1.165) is 17.8 Å². The summed E-state index contributed by atoms with van der Waals surface area (Å²) in [4.78, 5) is 0. The van der Waals surface area contributed by atoms with Crippen LogP contribution in [-0.4, -0.2) is 0 Å². The lowest BCUT2D eigenvalue weighted by Gasteiger charge is -2.28. The topological polar surface area (TPSA) is 23.8 Å². The first-order valence-corrected chi connectivity index (χ1v) is 9.56. The van der Waals surface area contributed by atoms with E-state index < -0.39 is 0 Å². The lowest BCUT2D eigenvalue weighted by molar-refractivity contribution is 0.289.